The van der Waals surface area contributed by atoms with E-state index in [2.05, 4.69) is 9.71 Å². The van der Waals surface area contributed by atoms with Gasteiger partial charge in [-0.2, -0.15) is 0 Å². The number of carbonyl (C=O) groups is 1. The van der Waals surface area contributed by atoms with Crippen LogP contribution in [0.25, 0.3) is 10.9 Å². The van der Waals surface area contributed by atoms with Crippen molar-refractivity contribution in [2.75, 3.05) is 6.54 Å². The molecule has 0 saturated carbocycles. The van der Waals surface area contributed by atoms with Crippen molar-refractivity contribution in [2.45, 2.75) is 11.3 Å². The molecule has 1 aromatic carbocycles. The fourth-order valence-electron chi connectivity index (χ4n) is 1.68. The summed E-state index contributed by atoms with van der Waals surface area (Å²) in [5, 5.41) is 0.736. The Morgan fingerprint density at radius 3 is 2.74 bits per heavy atom. The van der Waals surface area contributed by atoms with Crippen LogP contribution in [0.1, 0.15) is 6.42 Å². The molecule has 0 atom stereocenters. The smallest absolute Gasteiger partial charge is 0.242 e. The molecule has 0 fully saturated rings. The second-order valence-corrected chi connectivity index (χ2v) is 5.68. The van der Waals surface area contributed by atoms with Crippen LogP contribution < -0.4 is 10.5 Å². The van der Waals surface area contributed by atoms with Gasteiger partial charge in [-0.25, -0.2) is 13.1 Å². The average Bonchev–Trinajstić information content (AvgIpc) is 2.37. The van der Waals surface area contributed by atoms with Crippen LogP contribution in [0.15, 0.2) is 41.4 Å². The minimum atomic E-state index is -3.70. The number of nitrogens with zero attached hydrogens (tertiary/aromatic N) is 1. The Morgan fingerprint density at radius 2 is 2.00 bits per heavy atom. The number of rotatable bonds is 5. The van der Waals surface area contributed by atoms with Crippen LogP contribution in [0.2, 0.25) is 0 Å². The Hall–Kier alpha value is -1.99. The zero-order valence-corrected chi connectivity index (χ0v) is 10.9. The third-order valence-electron chi connectivity index (χ3n) is 2.55. The van der Waals surface area contributed by atoms with Crippen molar-refractivity contribution in [1.29, 1.82) is 0 Å². The summed E-state index contributed by atoms with van der Waals surface area (Å²) in [6.07, 6.45) is 1.49. The molecule has 0 aliphatic carbocycles. The van der Waals surface area contributed by atoms with Gasteiger partial charge in [-0.05, 0) is 12.1 Å². The van der Waals surface area contributed by atoms with Gasteiger partial charge in [0.1, 0.15) is 4.90 Å². The number of primary amides is 1. The maximum Gasteiger partial charge on any atom is 0.242 e. The van der Waals surface area contributed by atoms with Gasteiger partial charge in [0.15, 0.2) is 0 Å². The van der Waals surface area contributed by atoms with Gasteiger partial charge in [0, 0.05) is 24.5 Å². The first-order valence-corrected chi connectivity index (χ1v) is 7.11. The highest BCUT2D eigenvalue weighted by Crippen LogP contribution is 2.20. The molecule has 100 valence electrons. The number of hydrogen-bond acceptors (Lipinski definition) is 4. The predicted octanol–water partition coefficient (Wildman–Crippen LogP) is 0.388. The third-order valence-corrected chi connectivity index (χ3v) is 4.04. The summed E-state index contributed by atoms with van der Waals surface area (Å²) in [5.41, 5.74) is 5.36. The van der Waals surface area contributed by atoms with Crippen LogP contribution in [0, 0.1) is 0 Å². The minimum absolute atomic E-state index is 0.0269. The van der Waals surface area contributed by atoms with E-state index in [0.29, 0.717) is 5.52 Å². The Labute approximate surface area is 110 Å². The second-order valence-electron chi connectivity index (χ2n) is 3.95. The van der Waals surface area contributed by atoms with Gasteiger partial charge in [-0.3, -0.25) is 9.78 Å². The summed E-state index contributed by atoms with van der Waals surface area (Å²) in [7, 11) is -3.70. The molecule has 0 aliphatic heterocycles. The number of para-hydroxylation sites is 1. The number of aromatic nitrogens is 1. The molecule has 0 aliphatic rings. The predicted molar refractivity (Wildman–Crippen MR) is 70.7 cm³/mol. The molecule has 0 saturated heterocycles. The molecule has 1 aromatic heterocycles. The van der Waals surface area contributed by atoms with Crippen LogP contribution in [-0.2, 0) is 14.8 Å². The quantitative estimate of drug-likeness (QED) is 0.826. The van der Waals surface area contributed by atoms with Gasteiger partial charge in [0.25, 0.3) is 0 Å². The molecular weight excluding hydrogens is 266 g/mol. The maximum absolute atomic E-state index is 12.1. The van der Waals surface area contributed by atoms with Crippen molar-refractivity contribution in [3.63, 3.8) is 0 Å². The van der Waals surface area contributed by atoms with Crippen molar-refractivity contribution >= 4 is 26.8 Å². The van der Waals surface area contributed by atoms with E-state index >= 15 is 0 Å². The van der Waals surface area contributed by atoms with Gasteiger partial charge in [0.05, 0.1) is 5.52 Å². The Bertz CT molecular complexity index is 708. The second kappa shape index (κ2) is 5.33. The monoisotopic (exact) mass is 279 g/mol. The van der Waals surface area contributed by atoms with Crippen molar-refractivity contribution in [2.24, 2.45) is 5.73 Å². The number of carbonyl (C=O) groups excluding carboxylic acids is 1. The molecule has 2 rings (SSSR count). The van der Waals surface area contributed by atoms with E-state index in [9.17, 15) is 13.2 Å². The fourth-order valence-corrected chi connectivity index (χ4v) is 2.89. The lowest BCUT2D eigenvalue weighted by Crippen LogP contribution is -2.28. The number of sulfonamides is 1. The highest BCUT2D eigenvalue weighted by Gasteiger charge is 2.17. The molecule has 6 nitrogen and oxygen atoms in total. The van der Waals surface area contributed by atoms with E-state index in [1.165, 1.54) is 12.3 Å². The van der Waals surface area contributed by atoms with E-state index in [-0.39, 0.29) is 17.9 Å². The fraction of sp³-hybridized carbons (Fsp3) is 0.167. The molecule has 2 aromatic rings. The van der Waals surface area contributed by atoms with E-state index in [1.807, 2.05) is 0 Å². The van der Waals surface area contributed by atoms with Crippen LogP contribution >= 0.6 is 0 Å². The Kier molecular flexibility index (Phi) is 3.77. The van der Waals surface area contributed by atoms with Crippen molar-refractivity contribution in [3.05, 3.63) is 36.5 Å². The molecule has 0 bridgehead atoms. The van der Waals surface area contributed by atoms with Crippen LogP contribution in [0.4, 0.5) is 0 Å². The molecule has 0 radical (unpaired) electrons. The lowest BCUT2D eigenvalue weighted by molar-refractivity contribution is -0.117. The van der Waals surface area contributed by atoms with E-state index in [4.69, 9.17) is 5.73 Å². The molecular formula is C12H13N3O3S. The molecule has 7 heteroatoms. The number of nitrogens with one attached hydrogen (secondary N) is 1. The van der Waals surface area contributed by atoms with Gasteiger partial charge in [-0.15, -0.1) is 0 Å². The van der Waals surface area contributed by atoms with E-state index in [1.54, 1.807) is 24.3 Å². The first kappa shape index (κ1) is 13.4. The molecule has 0 unspecified atom stereocenters. The van der Waals surface area contributed by atoms with E-state index < -0.39 is 15.9 Å². The summed E-state index contributed by atoms with van der Waals surface area (Å²) < 4.78 is 26.6. The minimum Gasteiger partial charge on any atom is -0.370 e. The molecule has 0 spiro atoms. The van der Waals surface area contributed by atoms with Crippen LogP contribution in [0.3, 0.4) is 0 Å². The number of pyridine rings is 1. The first-order valence-electron chi connectivity index (χ1n) is 5.62. The molecule has 1 amide bonds. The zero-order chi connectivity index (χ0) is 13.9. The number of hydrogen-bond donors (Lipinski definition) is 2. The summed E-state index contributed by atoms with van der Waals surface area (Å²) in [4.78, 5) is 14.8. The van der Waals surface area contributed by atoms with Gasteiger partial charge in [-0.1, -0.05) is 18.2 Å². The van der Waals surface area contributed by atoms with E-state index in [0.717, 1.165) is 5.39 Å². The molecule has 19 heavy (non-hydrogen) atoms. The third kappa shape index (κ3) is 3.07. The standard InChI is InChI=1S/C12H13N3O3S/c13-11(16)6-8-15-19(17,18)10-5-1-3-9-4-2-7-14-12(9)10/h1-5,7,15H,6,8H2,(H2,13,16). The van der Waals surface area contributed by atoms with Gasteiger partial charge >= 0.3 is 0 Å². The van der Waals surface area contributed by atoms with Gasteiger partial charge < -0.3 is 5.73 Å². The molecule has 3 N–H and O–H groups in total. The van der Waals surface area contributed by atoms with Crippen LogP contribution in [0.5, 0.6) is 0 Å². The summed E-state index contributed by atoms with van der Waals surface area (Å²) in [6, 6.07) is 8.42. The SMILES string of the molecule is NC(=O)CCNS(=O)(=O)c1cccc2cccnc12. The lowest BCUT2D eigenvalue weighted by Gasteiger charge is -2.08. The number of nitrogens with two attached hydrogens (primary N) is 1. The van der Waals surface area contributed by atoms with Crippen molar-refractivity contribution in [1.82, 2.24) is 9.71 Å². The van der Waals surface area contributed by atoms with Crippen LogP contribution in [-0.4, -0.2) is 25.9 Å². The first-order chi connectivity index (χ1) is 9.00. The largest absolute Gasteiger partial charge is 0.370 e. The van der Waals surface area contributed by atoms with Crippen molar-refractivity contribution < 1.29 is 13.2 Å². The number of amides is 1. The summed E-state index contributed by atoms with van der Waals surface area (Å²) in [5.74, 6) is -0.557. The van der Waals surface area contributed by atoms with Crippen molar-refractivity contribution in [3.8, 4) is 0 Å². The topological polar surface area (TPSA) is 102 Å². The number of fused-ring (bicyclic) bond motifs is 1. The normalized spacial score (nSPS) is 11.6. The summed E-state index contributed by atoms with van der Waals surface area (Å²) in [6.45, 7) is -0.0269. The maximum atomic E-state index is 12.1. The zero-order valence-electron chi connectivity index (χ0n) is 10.0. The van der Waals surface area contributed by atoms with Gasteiger partial charge in [0.2, 0.25) is 15.9 Å². The Morgan fingerprint density at radius 1 is 1.26 bits per heavy atom. The highest BCUT2D eigenvalue weighted by atomic mass is 32.2. The summed E-state index contributed by atoms with van der Waals surface area (Å²) >= 11 is 0. The number of benzene rings is 1. The average molecular weight is 279 g/mol. The molecule has 1 heterocycles. The lowest BCUT2D eigenvalue weighted by atomic mass is 10.2. The highest BCUT2D eigenvalue weighted by molar-refractivity contribution is 7.89. The Balaban J connectivity index is 2.35.